The first-order valence-electron chi connectivity index (χ1n) is 7.85. The Kier molecular flexibility index (Phi) is 4.55. The van der Waals surface area contributed by atoms with Crippen molar-refractivity contribution in [2.24, 2.45) is 0 Å². The van der Waals surface area contributed by atoms with Gasteiger partial charge in [0.05, 0.1) is 25.8 Å². The van der Waals surface area contributed by atoms with Gasteiger partial charge in [0.1, 0.15) is 0 Å². The van der Waals surface area contributed by atoms with Crippen molar-refractivity contribution in [2.75, 3.05) is 32.8 Å². The Morgan fingerprint density at radius 3 is 2.90 bits per heavy atom. The average Bonchev–Trinajstić information content (AvgIpc) is 3.19. The van der Waals surface area contributed by atoms with Crippen molar-refractivity contribution >= 4 is 5.91 Å². The zero-order valence-corrected chi connectivity index (χ0v) is 12.6. The van der Waals surface area contributed by atoms with Crippen molar-refractivity contribution in [1.82, 2.24) is 19.6 Å². The van der Waals surface area contributed by atoms with E-state index in [1.807, 2.05) is 35.0 Å². The van der Waals surface area contributed by atoms with E-state index < -0.39 is 0 Å². The molecular formula is C15H24N4O2. The molecule has 2 fully saturated rings. The van der Waals surface area contributed by atoms with Crippen LogP contribution in [0.2, 0.25) is 0 Å². The summed E-state index contributed by atoms with van der Waals surface area (Å²) in [5, 5.41) is 4.29. The maximum absolute atomic E-state index is 12.6. The number of hydrogen-bond acceptors (Lipinski definition) is 4. The third-order valence-corrected chi connectivity index (χ3v) is 4.56. The molecule has 0 aliphatic carbocycles. The van der Waals surface area contributed by atoms with Crippen LogP contribution in [0.5, 0.6) is 0 Å². The second-order valence-corrected chi connectivity index (χ2v) is 5.88. The van der Waals surface area contributed by atoms with E-state index in [0.29, 0.717) is 19.3 Å². The third-order valence-electron chi connectivity index (χ3n) is 4.56. The number of amides is 1. The lowest BCUT2D eigenvalue weighted by atomic mass is 10.1. The number of rotatable bonds is 4. The number of hydrogen-bond donors (Lipinski definition) is 0. The van der Waals surface area contributed by atoms with Crippen LogP contribution in [0.25, 0.3) is 0 Å². The minimum absolute atomic E-state index is 0.0498. The van der Waals surface area contributed by atoms with E-state index in [1.54, 1.807) is 0 Å². The third kappa shape index (κ3) is 3.27. The molecule has 2 unspecified atom stereocenters. The Morgan fingerprint density at radius 1 is 1.38 bits per heavy atom. The molecule has 0 radical (unpaired) electrons. The minimum atomic E-state index is -0.0498. The first kappa shape index (κ1) is 14.5. The molecule has 116 valence electrons. The van der Waals surface area contributed by atoms with Gasteiger partial charge in [0.25, 0.3) is 0 Å². The molecule has 21 heavy (non-hydrogen) atoms. The smallest absolute Gasteiger partial charge is 0.239 e. The highest BCUT2D eigenvalue weighted by atomic mass is 16.5. The molecule has 3 rings (SSSR count). The summed E-state index contributed by atoms with van der Waals surface area (Å²) in [5.74, 6) is 0.241. The molecule has 0 bridgehead atoms. The largest absolute Gasteiger partial charge is 0.378 e. The number of morpholine rings is 1. The molecule has 6 heteroatoms. The SMILES string of the molecule is CC(C(=O)N1CCOCC1)N1CCCC1Cn1cccn1. The van der Waals surface area contributed by atoms with Crippen molar-refractivity contribution in [1.29, 1.82) is 0 Å². The lowest BCUT2D eigenvalue weighted by Crippen LogP contribution is -2.52. The Balaban J connectivity index is 1.62. The molecule has 1 amide bonds. The average molecular weight is 292 g/mol. The summed E-state index contributed by atoms with van der Waals surface area (Å²) in [6.45, 7) is 6.68. The topological polar surface area (TPSA) is 50.6 Å². The summed E-state index contributed by atoms with van der Waals surface area (Å²) in [4.78, 5) is 16.9. The maximum atomic E-state index is 12.6. The van der Waals surface area contributed by atoms with Gasteiger partial charge in [-0.25, -0.2) is 0 Å². The Morgan fingerprint density at radius 2 is 2.19 bits per heavy atom. The van der Waals surface area contributed by atoms with Crippen molar-refractivity contribution < 1.29 is 9.53 Å². The number of aromatic nitrogens is 2. The standard InChI is InChI=1S/C15H24N4O2/c1-13(15(20)17-8-10-21-11-9-17)19-7-2-4-14(19)12-18-6-3-5-16-18/h3,5-6,13-14H,2,4,7-12H2,1H3. The van der Waals surface area contributed by atoms with E-state index in [4.69, 9.17) is 4.74 Å². The van der Waals surface area contributed by atoms with Crippen LogP contribution in [0.15, 0.2) is 18.5 Å². The zero-order chi connectivity index (χ0) is 14.7. The lowest BCUT2D eigenvalue weighted by Gasteiger charge is -2.35. The van der Waals surface area contributed by atoms with Crippen molar-refractivity contribution in [3.8, 4) is 0 Å². The number of nitrogens with zero attached hydrogens (tertiary/aromatic N) is 4. The van der Waals surface area contributed by atoms with Crippen LogP contribution in [-0.2, 0) is 16.1 Å². The quantitative estimate of drug-likeness (QED) is 0.815. The molecule has 2 aliphatic rings. The van der Waals surface area contributed by atoms with Crippen molar-refractivity contribution in [3.05, 3.63) is 18.5 Å². The molecule has 2 saturated heterocycles. The fraction of sp³-hybridized carbons (Fsp3) is 0.733. The predicted octanol–water partition coefficient (Wildman–Crippen LogP) is 0.595. The second-order valence-electron chi connectivity index (χ2n) is 5.88. The van der Waals surface area contributed by atoms with Gasteiger partial charge in [-0.3, -0.25) is 14.4 Å². The van der Waals surface area contributed by atoms with Crippen LogP contribution in [-0.4, -0.2) is 70.4 Å². The van der Waals surface area contributed by atoms with E-state index in [-0.39, 0.29) is 11.9 Å². The van der Waals surface area contributed by atoms with E-state index in [2.05, 4.69) is 10.00 Å². The Hall–Kier alpha value is -1.40. The molecule has 0 aromatic carbocycles. The van der Waals surface area contributed by atoms with Gasteiger partial charge in [-0.1, -0.05) is 0 Å². The van der Waals surface area contributed by atoms with Gasteiger partial charge >= 0.3 is 0 Å². The highest BCUT2D eigenvalue weighted by molar-refractivity contribution is 5.81. The summed E-state index contributed by atoms with van der Waals surface area (Å²) in [6.07, 6.45) is 6.10. The molecule has 2 aliphatic heterocycles. The van der Waals surface area contributed by atoms with Gasteiger partial charge < -0.3 is 9.64 Å². The molecular weight excluding hydrogens is 268 g/mol. The normalized spacial score (nSPS) is 25.2. The highest BCUT2D eigenvalue weighted by Crippen LogP contribution is 2.22. The first-order valence-corrected chi connectivity index (χ1v) is 7.85. The number of carbonyl (C=O) groups excluding carboxylic acids is 1. The van der Waals surface area contributed by atoms with Crippen LogP contribution in [0.4, 0.5) is 0 Å². The minimum Gasteiger partial charge on any atom is -0.378 e. The fourth-order valence-electron chi connectivity index (χ4n) is 3.38. The zero-order valence-electron chi connectivity index (χ0n) is 12.6. The van der Waals surface area contributed by atoms with Crippen LogP contribution in [0.1, 0.15) is 19.8 Å². The molecule has 1 aromatic heterocycles. The van der Waals surface area contributed by atoms with Crippen LogP contribution >= 0.6 is 0 Å². The first-order chi connectivity index (χ1) is 10.3. The Labute approximate surface area is 125 Å². The summed E-state index contributed by atoms with van der Waals surface area (Å²) < 4.78 is 7.29. The summed E-state index contributed by atoms with van der Waals surface area (Å²) in [7, 11) is 0. The predicted molar refractivity (Wildman–Crippen MR) is 78.8 cm³/mol. The molecule has 3 heterocycles. The fourth-order valence-corrected chi connectivity index (χ4v) is 3.38. The molecule has 6 nitrogen and oxygen atoms in total. The van der Waals surface area contributed by atoms with Gasteiger partial charge in [-0.15, -0.1) is 0 Å². The van der Waals surface area contributed by atoms with E-state index in [9.17, 15) is 4.79 Å². The summed E-state index contributed by atoms with van der Waals surface area (Å²) >= 11 is 0. The van der Waals surface area contributed by atoms with Crippen molar-refractivity contribution in [3.63, 3.8) is 0 Å². The van der Waals surface area contributed by atoms with Crippen LogP contribution < -0.4 is 0 Å². The van der Waals surface area contributed by atoms with Gasteiger partial charge in [-0.2, -0.15) is 5.10 Å². The van der Waals surface area contributed by atoms with Crippen LogP contribution in [0.3, 0.4) is 0 Å². The number of ether oxygens (including phenoxy) is 1. The lowest BCUT2D eigenvalue weighted by molar-refractivity contribution is -0.141. The van der Waals surface area contributed by atoms with Gasteiger partial charge in [0, 0.05) is 31.5 Å². The molecule has 0 N–H and O–H groups in total. The number of likely N-dealkylation sites (tertiary alicyclic amines) is 1. The molecule has 0 saturated carbocycles. The van der Waals surface area contributed by atoms with Crippen molar-refractivity contribution in [2.45, 2.75) is 38.4 Å². The van der Waals surface area contributed by atoms with Gasteiger partial charge in [-0.05, 0) is 32.4 Å². The Bertz CT molecular complexity index is 456. The van der Waals surface area contributed by atoms with Crippen LogP contribution in [0, 0.1) is 0 Å². The van der Waals surface area contributed by atoms with Gasteiger partial charge in [0.2, 0.25) is 5.91 Å². The highest BCUT2D eigenvalue weighted by Gasteiger charge is 2.34. The number of carbonyl (C=O) groups is 1. The van der Waals surface area contributed by atoms with E-state index in [0.717, 1.165) is 39.0 Å². The summed E-state index contributed by atoms with van der Waals surface area (Å²) in [6, 6.07) is 2.30. The molecule has 0 spiro atoms. The monoisotopic (exact) mass is 292 g/mol. The maximum Gasteiger partial charge on any atom is 0.239 e. The molecule has 1 aromatic rings. The second kappa shape index (κ2) is 6.58. The van der Waals surface area contributed by atoms with E-state index in [1.165, 1.54) is 0 Å². The van der Waals surface area contributed by atoms with E-state index >= 15 is 0 Å². The summed E-state index contributed by atoms with van der Waals surface area (Å²) in [5.41, 5.74) is 0. The van der Waals surface area contributed by atoms with Gasteiger partial charge in [0.15, 0.2) is 0 Å². The molecule has 2 atom stereocenters.